The van der Waals surface area contributed by atoms with Crippen molar-refractivity contribution in [2.45, 2.75) is 11.4 Å². The van der Waals surface area contributed by atoms with E-state index in [1.54, 1.807) is 0 Å². The summed E-state index contributed by atoms with van der Waals surface area (Å²) >= 11 is 0. The van der Waals surface area contributed by atoms with Crippen molar-refractivity contribution in [1.82, 2.24) is 20.0 Å². The van der Waals surface area contributed by atoms with Crippen LogP contribution in [0.2, 0.25) is 0 Å². The van der Waals surface area contributed by atoms with Crippen LogP contribution < -0.4 is 4.72 Å². The summed E-state index contributed by atoms with van der Waals surface area (Å²) in [5.74, 6) is -1.07. The molecule has 0 radical (unpaired) electrons. The lowest BCUT2D eigenvalue weighted by Crippen LogP contribution is -2.12. The Labute approximate surface area is 101 Å². The topological polar surface area (TPSA) is 130 Å². The van der Waals surface area contributed by atoms with Crippen LogP contribution in [0.1, 0.15) is 0 Å². The van der Waals surface area contributed by atoms with Crippen molar-refractivity contribution in [3.63, 3.8) is 0 Å². The number of H-pyrrole nitrogens is 1. The Balaban J connectivity index is 2.15. The number of anilines is 1. The van der Waals surface area contributed by atoms with E-state index in [-0.39, 0.29) is 17.1 Å². The van der Waals surface area contributed by atoms with E-state index in [0.717, 1.165) is 10.9 Å². The fourth-order valence-corrected chi connectivity index (χ4v) is 2.17. The summed E-state index contributed by atoms with van der Waals surface area (Å²) in [6.07, 6.45) is 4.89. The molecule has 0 saturated heterocycles. The maximum Gasteiger partial charge on any atom is 0.325 e. The third-order valence-electron chi connectivity index (χ3n) is 1.97. The molecule has 0 aliphatic carbocycles. The van der Waals surface area contributed by atoms with Gasteiger partial charge in [0.2, 0.25) is 0 Å². The van der Waals surface area contributed by atoms with Crippen LogP contribution >= 0.6 is 0 Å². The molecule has 0 atom stereocenters. The van der Waals surface area contributed by atoms with Crippen LogP contribution in [0, 0.1) is 0 Å². The molecule has 18 heavy (non-hydrogen) atoms. The average molecular weight is 271 g/mol. The second-order valence-electron chi connectivity index (χ2n) is 3.36. The van der Waals surface area contributed by atoms with Gasteiger partial charge >= 0.3 is 5.97 Å². The fourth-order valence-electron chi connectivity index (χ4n) is 1.24. The number of nitrogens with zero attached hydrogens (tertiary/aromatic N) is 3. The van der Waals surface area contributed by atoms with Gasteiger partial charge in [-0.25, -0.2) is 8.42 Å². The van der Waals surface area contributed by atoms with E-state index in [2.05, 4.69) is 20.0 Å². The summed E-state index contributed by atoms with van der Waals surface area (Å²) in [5.41, 5.74) is 0.178. The van der Waals surface area contributed by atoms with E-state index >= 15 is 0 Å². The Bertz CT molecular complexity index is 645. The number of hydrogen-bond acceptors (Lipinski definition) is 5. The highest BCUT2D eigenvalue weighted by Crippen LogP contribution is 2.13. The molecule has 0 bridgehead atoms. The molecule has 2 aromatic heterocycles. The van der Waals surface area contributed by atoms with Gasteiger partial charge in [-0.2, -0.15) is 10.2 Å². The van der Waals surface area contributed by atoms with Gasteiger partial charge in [-0.3, -0.25) is 19.3 Å². The first-order valence-corrected chi connectivity index (χ1v) is 6.21. The van der Waals surface area contributed by atoms with Crippen molar-refractivity contribution in [1.29, 1.82) is 0 Å². The molecular weight excluding hydrogens is 262 g/mol. The zero-order chi connectivity index (χ0) is 13.2. The van der Waals surface area contributed by atoms with Crippen molar-refractivity contribution < 1.29 is 18.3 Å². The van der Waals surface area contributed by atoms with Gasteiger partial charge in [0.15, 0.2) is 0 Å². The standard InChI is InChI=1S/C8H9N5O4S/c14-8(15)5-13-4-6(1-11-13)12-18(16,17)7-2-9-10-3-7/h1-4,12H,5H2,(H,9,10)(H,14,15). The molecule has 96 valence electrons. The molecule has 0 amide bonds. The molecule has 0 unspecified atom stereocenters. The first-order valence-electron chi connectivity index (χ1n) is 4.73. The number of nitrogens with one attached hydrogen (secondary N) is 2. The van der Waals surface area contributed by atoms with Crippen LogP contribution in [-0.4, -0.2) is 39.5 Å². The highest BCUT2D eigenvalue weighted by Gasteiger charge is 2.16. The van der Waals surface area contributed by atoms with Crippen molar-refractivity contribution in [3.8, 4) is 0 Å². The van der Waals surface area contributed by atoms with Gasteiger partial charge in [-0.15, -0.1) is 0 Å². The van der Waals surface area contributed by atoms with Crippen LogP contribution in [0.5, 0.6) is 0 Å². The van der Waals surface area contributed by atoms with E-state index < -0.39 is 16.0 Å². The number of hydrogen-bond donors (Lipinski definition) is 3. The van der Waals surface area contributed by atoms with Crippen molar-refractivity contribution in [2.24, 2.45) is 0 Å². The lowest BCUT2D eigenvalue weighted by atomic mass is 10.6. The summed E-state index contributed by atoms with van der Waals surface area (Å²) in [4.78, 5) is 10.4. The largest absolute Gasteiger partial charge is 0.480 e. The Morgan fingerprint density at radius 3 is 2.89 bits per heavy atom. The maximum absolute atomic E-state index is 11.8. The van der Waals surface area contributed by atoms with Gasteiger partial charge in [-0.05, 0) is 0 Å². The van der Waals surface area contributed by atoms with Gasteiger partial charge in [0.25, 0.3) is 10.0 Å². The average Bonchev–Trinajstić information content (AvgIpc) is 2.87. The first-order chi connectivity index (χ1) is 8.47. The van der Waals surface area contributed by atoms with Gasteiger partial charge in [0, 0.05) is 12.4 Å². The minimum Gasteiger partial charge on any atom is -0.480 e. The highest BCUT2D eigenvalue weighted by atomic mass is 32.2. The number of aliphatic carboxylic acids is 1. The Morgan fingerprint density at radius 1 is 1.50 bits per heavy atom. The number of aromatic amines is 1. The molecule has 10 heteroatoms. The number of carbonyl (C=O) groups is 1. The number of rotatable bonds is 5. The van der Waals surface area contributed by atoms with Crippen LogP contribution in [0.4, 0.5) is 5.69 Å². The molecule has 0 aromatic carbocycles. The third-order valence-corrected chi connectivity index (χ3v) is 3.31. The molecule has 9 nitrogen and oxygen atoms in total. The quantitative estimate of drug-likeness (QED) is 0.671. The van der Waals surface area contributed by atoms with E-state index in [9.17, 15) is 13.2 Å². The SMILES string of the molecule is O=C(O)Cn1cc(NS(=O)(=O)c2cn[nH]c2)cn1. The predicted molar refractivity (Wildman–Crippen MR) is 59.3 cm³/mol. The van der Waals surface area contributed by atoms with Gasteiger partial charge < -0.3 is 5.11 Å². The third kappa shape index (κ3) is 2.66. The molecule has 0 saturated carbocycles. The fraction of sp³-hybridized carbons (Fsp3) is 0.125. The zero-order valence-electron chi connectivity index (χ0n) is 8.94. The van der Waals surface area contributed by atoms with Crippen molar-refractivity contribution >= 4 is 21.7 Å². The molecule has 0 fully saturated rings. The summed E-state index contributed by atoms with van der Waals surface area (Å²) in [6, 6.07) is 0. The Morgan fingerprint density at radius 2 is 2.28 bits per heavy atom. The Hall–Kier alpha value is -2.36. The van der Waals surface area contributed by atoms with Crippen LogP contribution in [-0.2, 0) is 21.4 Å². The van der Waals surface area contributed by atoms with Gasteiger partial charge in [0.1, 0.15) is 11.4 Å². The van der Waals surface area contributed by atoms with Gasteiger partial charge in [0.05, 0.1) is 18.1 Å². The summed E-state index contributed by atoms with van der Waals surface area (Å²) in [6.45, 7) is -0.340. The van der Waals surface area contributed by atoms with Crippen molar-refractivity contribution in [3.05, 3.63) is 24.8 Å². The summed E-state index contributed by atoms with van der Waals surface area (Å²) < 4.78 is 26.9. The highest BCUT2D eigenvalue weighted by molar-refractivity contribution is 7.92. The van der Waals surface area contributed by atoms with Crippen LogP contribution in [0.3, 0.4) is 0 Å². The molecule has 0 aliphatic rings. The van der Waals surface area contributed by atoms with Crippen molar-refractivity contribution in [2.75, 3.05) is 4.72 Å². The molecule has 2 heterocycles. The predicted octanol–water partition coefficient (Wildman–Crippen LogP) is -0.508. The lowest BCUT2D eigenvalue weighted by molar-refractivity contribution is -0.137. The molecule has 3 N–H and O–H groups in total. The number of sulfonamides is 1. The molecule has 2 rings (SSSR count). The van der Waals surface area contributed by atoms with Crippen LogP contribution in [0.15, 0.2) is 29.7 Å². The number of carboxylic acid groups (broad SMARTS) is 1. The van der Waals surface area contributed by atoms with E-state index in [1.165, 1.54) is 18.6 Å². The van der Waals surface area contributed by atoms with Gasteiger partial charge in [-0.1, -0.05) is 0 Å². The second-order valence-corrected chi connectivity index (χ2v) is 5.04. The lowest BCUT2D eigenvalue weighted by Gasteiger charge is -2.01. The smallest absolute Gasteiger partial charge is 0.325 e. The molecule has 0 aliphatic heterocycles. The van der Waals surface area contributed by atoms with E-state index in [1.807, 2.05) is 0 Å². The molecule has 0 spiro atoms. The van der Waals surface area contributed by atoms with Crippen LogP contribution in [0.25, 0.3) is 0 Å². The zero-order valence-corrected chi connectivity index (χ0v) is 9.75. The number of aromatic nitrogens is 4. The Kier molecular flexibility index (Phi) is 3.02. The molecule has 2 aromatic rings. The summed E-state index contributed by atoms with van der Waals surface area (Å²) in [7, 11) is -3.73. The number of carboxylic acids is 1. The second kappa shape index (κ2) is 4.49. The monoisotopic (exact) mass is 271 g/mol. The first kappa shape index (κ1) is 12.1. The molecular formula is C8H9N5O4S. The minimum atomic E-state index is -3.73. The maximum atomic E-state index is 11.8. The summed E-state index contributed by atoms with van der Waals surface area (Å²) in [5, 5.41) is 18.2. The van der Waals surface area contributed by atoms with E-state index in [0.29, 0.717) is 0 Å². The normalized spacial score (nSPS) is 11.3. The van der Waals surface area contributed by atoms with E-state index in [4.69, 9.17) is 5.11 Å². The minimum absolute atomic E-state index is 0.0199.